The zero-order valence-corrected chi connectivity index (χ0v) is 9.66. The molecule has 0 saturated heterocycles. The van der Waals surface area contributed by atoms with E-state index >= 15 is 0 Å². The first-order valence-electron chi connectivity index (χ1n) is 5.62. The molecule has 4 heteroatoms. The average molecular weight is 234 g/mol. The number of carbonyl (C=O) groups excluding carboxylic acids is 1. The predicted molar refractivity (Wildman–Crippen MR) is 65.5 cm³/mol. The number of likely N-dealkylation sites (N-methyl/N-ethyl adjacent to an activating group) is 1. The number of aldehydes is 1. The van der Waals surface area contributed by atoms with Crippen LogP contribution in [0.5, 0.6) is 0 Å². The van der Waals surface area contributed by atoms with E-state index in [4.69, 9.17) is 0 Å². The number of H-pyrrole nitrogens is 1. The SMILES string of the molecule is CNC(C=O)CCc1c[nH]c2cc(F)ccc12. The van der Waals surface area contributed by atoms with Gasteiger partial charge in [-0.15, -0.1) is 0 Å². The predicted octanol–water partition coefficient (Wildman–Crippen LogP) is 2.03. The molecular weight excluding hydrogens is 219 g/mol. The molecule has 0 aliphatic heterocycles. The van der Waals surface area contributed by atoms with Crippen molar-refractivity contribution in [1.82, 2.24) is 10.3 Å². The van der Waals surface area contributed by atoms with Crippen LogP contribution in [0.25, 0.3) is 10.9 Å². The van der Waals surface area contributed by atoms with Gasteiger partial charge in [0.25, 0.3) is 0 Å². The molecule has 1 atom stereocenters. The number of hydrogen-bond acceptors (Lipinski definition) is 2. The Morgan fingerprint density at radius 1 is 1.53 bits per heavy atom. The molecule has 0 saturated carbocycles. The number of carbonyl (C=O) groups is 1. The van der Waals surface area contributed by atoms with Crippen molar-refractivity contribution in [3.05, 3.63) is 35.8 Å². The van der Waals surface area contributed by atoms with Crippen molar-refractivity contribution in [1.29, 1.82) is 0 Å². The van der Waals surface area contributed by atoms with Gasteiger partial charge in [-0.1, -0.05) is 0 Å². The lowest BCUT2D eigenvalue weighted by molar-refractivity contribution is -0.109. The van der Waals surface area contributed by atoms with Crippen molar-refractivity contribution in [3.63, 3.8) is 0 Å². The smallest absolute Gasteiger partial charge is 0.136 e. The summed E-state index contributed by atoms with van der Waals surface area (Å²) in [4.78, 5) is 13.7. The first kappa shape index (κ1) is 11.8. The lowest BCUT2D eigenvalue weighted by atomic mass is 10.1. The fourth-order valence-electron chi connectivity index (χ4n) is 1.96. The number of aromatic amines is 1. The van der Waals surface area contributed by atoms with Gasteiger partial charge in [-0.25, -0.2) is 4.39 Å². The fraction of sp³-hybridized carbons (Fsp3) is 0.308. The van der Waals surface area contributed by atoms with Gasteiger partial charge in [-0.2, -0.15) is 0 Å². The Morgan fingerprint density at radius 2 is 2.35 bits per heavy atom. The number of rotatable bonds is 5. The Bertz CT molecular complexity index is 521. The molecule has 90 valence electrons. The average Bonchev–Trinajstić information content (AvgIpc) is 2.73. The molecular formula is C13H15FN2O. The lowest BCUT2D eigenvalue weighted by Crippen LogP contribution is -2.26. The van der Waals surface area contributed by atoms with Crippen LogP contribution < -0.4 is 5.32 Å². The van der Waals surface area contributed by atoms with Crippen LogP contribution in [0, 0.1) is 5.82 Å². The molecule has 0 spiro atoms. The van der Waals surface area contributed by atoms with E-state index in [1.54, 1.807) is 13.1 Å². The zero-order valence-electron chi connectivity index (χ0n) is 9.66. The molecule has 1 aromatic heterocycles. The molecule has 2 rings (SSSR count). The van der Waals surface area contributed by atoms with Gasteiger partial charge in [0.05, 0.1) is 6.04 Å². The Hall–Kier alpha value is -1.68. The van der Waals surface area contributed by atoms with Gasteiger partial charge in [0.1, 0.15) is 12.1 Å². The third-order valence-electron chi connectivity index (χ3n) is 2.99. The molecule has 0 bridgehead atoms. The van der Waals surface area contributed by atoms with Crippen LogP contribution in [-0.4, -0.2) is 24.4 Å². The van der Waals surface area contributed by atoms with Gasteiger partial charge in [0, 0.05) is 17.1 Å². The Kier molecular flexibility index (Phi) is 3.54. The molecule has 2 N–H and O–H groups in total. The largest absolute Gasteiger partial charge is 0.361 e. The first-order chi connectivity index (χ1) is 8.24. The molecule has 1 unspecified atom stereocenters. The summed E-state index contributed by atoms with van der Waals surface area (Å²) in [7, 11) is 1.77. The van der Waals surface area contributed by atoms with Crippen LogP contribution in [0.3, 0.4) is 0 Å². The third kappa shape index (κ3) is 2.53. The Balaban J connectivity index is 2.16. The number of aromatic nitrogens is 1. The van der Waals surface area contributed by atoms with Crippen molar-refractivity contribution >= 4 is 17.2 Å². The Morgan fingerprint density at radius 3 is 3.06 bits per heavy atom. The van der Waals surface area contributed by atoms with Gasteiger partial charge in [0.15, 0.2) is 0 Å². The molecule has 3 nitrogen and oxygen atoms in total. The minimum absolute atomic E-state index is 0.125. The highest BCUT2D eigenvalue weighted by Gasteiger charge is 2.08. The van der Waals surface area contributed by atoms with Crippen LogP contribution in [0.4, 0.5) is 4.39 Å². The maximum Gasteiger partial charge on any atom is 0.136 e. The second-order valence-corrected chi connectivity index (χ2v) is 4.07. The molecule has 1 heterocycles. The first-order valence-corrected chi connectivity index (χ1v) is 5.62. The summed E-state index contributed by atoms with van der Waals surface area (Å²) in [6.45, 7) is 0. The number of aryl methyl sites for hydroxylation is 1. The van der Waals surface area contributed by atoms with Crippen LogP contribution >= 0.6 is 0 Å². The summed E-state index contributed by atoms with van der Waals surface area (Å²) in [5.74, 6) is -0.244. The van der Waals surface area contributed by atoms with E-state index in [9.17, 15) is 9.18 Å². The molecule has 0 fully saturated rings. The summed E-state index contributed by atoms with van der Waals surface area (Å²) in [5, 5.41) is 3.95. The highest BCUT2D eigenvalue weighted by molar-refractivity contribution is 5.83. The molecule has 0 amide bonds. The second kappa shape index (κ2) is 5.10. The van der Waals surface area contributed by atoms with Crippen molar-refractivity contribution in [2.45, 2.75) is 18.9 Å². The van der Waals surface area contributed by atoms with Gasteiger partial charge >= 0.3 is 0 Å². The number of nitrogens with one attached hydrogen (secondary N) is 2. The third-order valence-corrected chi connectivity index (χ3v) is 2.99. The van der Waals surface area contributed by atoms with E-state index in [1.807, 2.05) is 6.20 Å². The molecule has 0 radical (unpaired) electrons. The summed E-state index contributed by atoms with van der Waals surface area (Å²) < 4.78 is 13.0. The van der Waals surface area contributed by atoms with Crippen LogP contribution in [0.1, 0.15) is 12.0 Å². The van der Waals surface area contributed by atoms with E-state index < -0.39 is 0 Å². The lowest BCUT2D eigenvalue weighted by Gasteiger charge is -2.07. The fourth-order valence-corrected chi connectivity index (χ4v) is 1.96. The number of hydrogen-bond donors (Lipinski definition) is 2. The van der Waals surface area contributed by atoms with Gasteiger partial charge < -0.3 is 15.1 Å². The maximum atomic E-state index is 13.0. The molecule has 17 heavy (non-hydrogen) atoms. The highest BCUT2D eigenvalue weighted by atomic mass is 19.1. The Labute approximate surface area is 99.0 Å². The number of benzene rings is 1. The zero-order chi connectivity index (χ0) is 12.3. The maximum absolute atomic E-state index is 13.0. The van der Waals surface area contributed by atoms with E-state index in [-0.39, 0.29) is 11.9 Å². The van der Waals surface area contributed by atoms with Crippen LogP contribution in [0.15, 0.2) is 24.4 Å². The minimum Gasteiger partial charge on any atom is -0.361 e. The van der Waals surface area contributed by atoms with E-state index in [2.05, 4.69) is 10.3 Å². The van der Waals surface area contributed by atoms with Gasteiger partial charge in [-0.3, -0.25) is 0 Å². The summed E-state index contributed by atoms with van der Waals surface area (Å²) >= 11 is 0. The summed E-state index contributed by atoms with van der Waals surface area (Å²) in [5.41, 5.74) is 1.91. The van der Waals surface area contributed by atoms with E-state index in [1.165, 1.54) is 12.1 Å². The topological polar surface area (TPSA) is 44.9 Å². The van der Waals surface area contributed by atoms with Crippen molar-refractivity contribution in [3.8, 4) is 0 Å². The minimum atomic E-state index is -0.244. The van der Waals surface area contributed by atoms with E-state index in [0.29, 0.717) is 0 Å². The van der Waals surface area contributed by atoms with Crippen LogP contribution in [0.2, 0.25) is 0 Å². The van der Waals surface area contributed by atoms with Crippen molar-refractivity contribution in [2.75, 3.05) is 7.05 Å². The molecule has 0 aliphatic rings. The summed E-state index contributed by atoms with van der Waals surface area (Å²) in [6.07, 6.45) is 4.32. The number of halogens is 1. The van der Waals surface area contributed by atoms with Gasteiger partial charge in [0.2, 0.25) is 0 Å². The second-order valence-electron chi connectivity index (χ2n) is 4.07. The van der Waals surface area contributed by atoms with E-state index in [0.717, 1.165) is 35.6 Å². The monoisotopic (exact) mass is 234 g/mol. The molecule has 1 aromatic carbocycles. The van der Waals surface area contributed by atoms with Gasteiger partial charge in [-0.05, 0) is 43.7 Å². The molecule has 2 aromatic rings. The van der Waals surface area contributed by atoms with Crippen LogP contribution in [-0.2, 0) is 11.2 Å². The van der Waals surface area contributed by atoms with Crippen molar-refractivity contribution < 1.29 is 9.18 Å². The number of fused-ring (bicyclic) bond motifs is 1. The normalized spacial score (nSPS) is 12.8. The highest BCUT2D eigenvalue weighted by Crippen LogP contribution is 2.20. The standard InChI is InChI=1S/C13H15FN2O/c1-15-11(8-17)4-2-9-7-16-13-6-10(14)3-5-12(9)13/h3,5-8,11,15-16H,2,4H2,1H3. The van der Waals surface area contributed by atoms with Crippen molar-refractivity contribution in [2.24, 2.45) is 0 Å². The summed E-state index contributed by atoms with van der Waals surface area (Å²) in [6, 6.07) is 4.58. The quantitative estimate of drug-likeness (QED) is 0.777. The molecule has 0 aliphatic carbocycles.